The van der Waals surface area contributed by atoms with E-state index in [1.165, 1.54) is 0 Å². The minimum absolute atomic E-state index is 0.142. The molecule has 1 fully saturated rings. The van der Waals surface area contributed by atoms with Gasteiger partial charge in [0.25, 0.3) is 0 Å². The molecule has 3 nitrogen and oxygen atoms in total. The summed E-state index contributed by atoms with van der Waals surface area (Å²) in [6.45, 7) is 1.66. The lowest BCUT2D eigenvalue weighted by Crippen LogP contribution is -2.45. The summed E-state index contributed by atoms with van der Waals surface area (Å²) < 4.78 is 24.7. The molecule has 1 saturated heterocycles. The van der Waals surface area contributed by atoms with Crippen LogP contribution in [0.3, 0.4) is 0 Å². The average Bonchev–Trinajstić information content (AvgIpc) is 2.11. The number of hydrogen-bond donors (Lipinski definition) is 1. The number of nitrogens with one attached hydrogen (secondary N) is 1. The molecule has 0 aliphatic carbocycles. The van der Waals surface area contributed by atoms with E-state index in [0.717, 1.165) is 23.1 Å². The van der Waals surface area contributed by atoms with Crippen LogP contribution in [0.5, 0.6) is 0 Å². The normalized spacial score (nSPS) is 17.1. The zero-order chi connectivity index (χ0) is 11.6. The van der Waals surface area contributed by atoms with Crippen molar-refractivity contribution in [3.63, 3.8) is 0 Å². The van der Waals surface area contributed by atoms with Crippen molar-refractivity contribution in [3.05, 3.63) is 34.3 Å². The molecule has 0 spiro atoms. The summed E-state index contributed by atoms with van der Waals surface area (Å²) in [5.41, 5.74) is 0.849. The van der Waals surface area contributed by atoms with Crippen molar-refractivity contribution >= 4 is 25.8 Å². The molecule has 1 N–H and O–H groups in total. The fourth-order valence-corrected chi connectivity index (χ4v) is 3.97. The molecular weight excluding hydrogens is 290 g/mol. The standard InChI is InChI=1S/C11H14BrNO2S/c12-11-3-1-2-9(4-11)7-16(14,15)8-10-5-13-6-10/h1-4,10,13H,5-8H2. The molecule has 1 aromatic carbocycles. The highest BCUT2D eigenvalue weighted by Crippen LogP contribution is 2.16. The quantitative estimate of drug-likeness (QED) is 0.919. The molecule has 1 aliphatic rings. The molecule has 16 heavy (non-hydrogen) atoms. The maximum absolute atomic E-state index is 11.9. The Hall–Kier alpha value is -0.390. The maximum atomic E-state index is 11.9. The number of halogens is 1. The van der Waals surface area contributed by atoms with E-state index in [1.54, 1.807) is 0 Å². The van der Waals surface area contributed by atoms with E-state index in [9.17, 15) is 8.42 Å². The van der Waals surface area contributed by atoms with Gasteiger partial charge in [0.15, 0.2) is 9.84 Å². The first kappa shape index (κ1) is 12.1. The van der Waals surface area contributed by atoms with Crippen LogP contribution >= 0.6 is 15.9 Å². The van der Waals surface area contributed by atoms with Gasteiger partial charge < -0.3 is 5.32 Å². The lowest BCUT2D eigenvalue weighted by atomic mass is 10.1. The molecule has 1 aromatic rings. The SMILES string of the molecule is O=S(=O)(Cc1cccc(Br)c1)CC1CNC1. The van der Waals surface area contributed by atoms with Crippen molar-refractivity contribution in [1.29, 1.82) is 0 Å². The van der Waals surface area contributed by atoms with Gasteiger partial charge in [0, 0.05) is 17.6 Å². The fourth-order valence-electron chi connectivity index (χ4n) is 1.77. The highest BCUT2D eigenvalue weighted by molar-refractivity contribution is 9.10. The molecule has 5 heteroatoms. The topological polar surface area (TPSA) is 46.2 Å². The Kier molecular flexibility index (Phi) is 3.66. The summed E-state index contributed by atoms with van der Waals surface area (Å²) in [5.74, 6) is 0.743. The smallest absolute Gasteiger partial charge is 0.154 e. The minimum atomic E-state index is -2.97. The van der Waals surface area contributed by atoms with Gasteiger partial charge in [0.1, 0.15) is 0 Å². The van der Waals surface area contributed by atoms with E-state index >= 15 is 0 Å². The third-order valence-electron chi connectivity index (χ3n) is 2.63. The molecule has 2 rings (SSSR count). The molecule has 0 unspecified atom stereocenters. The van der Waals surface area contributed by atoms with Gasteiger partial charge in [-0.3, -0.25) is 0 Å². The van der Waals surface area contributed by atoms with Gasteiger partial charge in [-0.2, -0.15) is 0 Å². The van der Waals surface area contributed by atoms with Gasteiger partial charge in [-0.1, -0.05) is 28.1 Å². The van der Waals surface area contributed by atoms with E-state index in [2.05, 4.69) is 21.2 Å². The Bertz CT molecular complexity index is 469. The molecular formula is C11H14BrNO2S. The van der Waals surface area contributed by atoms with Crippen molar-refractivity contribution in [1.82, 2.24) is 5.32 Å². The first-order valence-electron chi connectivity index (χ1n) is 5.21. The zero-order valence-electron chi connectivity index (χ0n) is 8.82. The largest absolute Gasteiger partial charge is 0.316 e. The van der Waals surface area contributed by atoms with Crippen molar-refractivity contribution in [2.24, 2.45) is 5.92 Å². The summed E-state index contributed by atoms with van der Waals surface area (Å²) in [6.07, 6.45) is 0. The lowest BCUT2D eigenvalue weighted by molar-refractivity contribution is 0.378. The number of rotatable bonds is 4. The van der Waals surface area contributed by atoms with E-state index in [0.29, 0.717) is 11.7 Å². The Morgan fingerprint density at radius 2 is 2.12 bits per heavy atom. The first-order chi connectivity index (χ1) is 7.55. The molecule has 1 heterocycles. The van der Waals surface area contributed by atoms with E-state index in [1.807, 2.05) is 24.3 Å². The average molecular weight is 304 g/mol. The summed E-state index contributed by atoms with van der Waals surface area (Å²) >= 11 is 3.34. The number of hydrogen-bond acceptors (Lipinski definition) is 3. The molecule has 0 aromatic heterocycles. The summed E-state index contributed by atoms with van der Waals surface area (Å²) in [4.78, 5) is 0. The molecule has 88 valence electrons. The number of sulfone groups is 1. The Morgan fingerprint density at radius 1 is 1.38 bits per heavy atom. The number of benzene rings is 1. The zero-order valence-corrected chi connectivity index (χ0v) is 11.2. The van der Waals surface area contributed by atoms with Crippen LogP contribution in [0, 0.1) is 5.92 Å². The van der Waals surface area contributed by atoms with Crippen molar-refractivity contribution in [2.75, 3.05) is 18.8 Å². The van der Waals surface area contributed by atoms with Crippen LogP contribution in [0.2, 0.25) is 0 Å². The molecule has 0 bridgehead atoms. The second kappa shape index (κ2) is 4.85. The molecule has 0 atom stereocenters. The van der Waals surface area contributed by atoms with Crippen LogP contribution in [-0.4, -0.2) is 27.3 Å². The predicted molar refractivity (Wildman–Crippen MR) is 68.0 cm³/mol. The van der Waals surface area contributed by atoms with Crippen LogP contribution < -0.4 is 5.32 Å². The summed E-state index contributed by atoms with van der Waals surface area (Å²) in [5, 5.41) is 3.08. The Labute approximate surface area is 104 Å². The van der Waals surface area contributed by atoms with Crippen LogP contribution in [0.15, 0.2) is 28.7 Å². The Morgan fingerprint density at radius 3 is 2.69 bits per heavy atom. The van der Waals surface area contributed by atoms with Gasteiger partial charge in [-0.05, 0) is 23.6 Å². The van der Waals surface area contributed by atoms with Gasteiger partial charge in [-0.15, -0.1) is 0 Å². The van der Waals surface area contributed by atoms with Crippen molar-refractivity contribution in [3.8, 4) is 0 Å². The van der Waals surface area contributed by atoms with E-state index < -0.39 is 9.84 Å². The van der Waals surface area contributed by atoms with Crippen molar-refractivity contribution < 1.29 is 8.42 Å². The Balaban J connectivity index is 2.02. The fraction of sp³-hybridized carbons (Fsp3) is 0.455. The van der Waals surface area contributed by atoms with Gasteiger partial charge >= 0.3 is 0 Å². The first-order valence-corrected chi connectivity index (χ1v) is 7.82. The summed E-state index contributed by atoms with van der Waals surface area (Å²) in [7, 11) is -2.97. The highest BCUT2D eigenvalue weighted by atomic mass is 79.9. The second-order valence-corrected chi connectivity index (χ2v) is 7.23. The third kappa shape index (κ3) is 3.30. The lowest BCUT2D eigenvalue weighted by Gasteiger charge is -2.26. The molecule has 0 radical (unpaired) electrons. The maximum Gasteiger partial charge on any atom is 0.154 e. The monoisotopic (exact) mass is 303 g/mol. The van der Waals surface area contributed by atoms with Gasteiger partial charge in [-0.25, -0.2) is 8.42 Å². The highest BCUT2D eigenvalue weighted by Gasteiger charge is 2.24. The minimum Gasteiger partial charge on any atom is -0.316 e. The second-order valence-electron chi connectivity index (χ2n) is 4.21. The molecule has 0 saturated carbocycles. The van der Waals surface area contributed by atoms with Crippen LogP contribution in [0.1, 0.15) is 5.56 Å². The summed E-state index contributed by atoms with van der Waals surface area (Å²) in [6, 6.07) is 7.46. The predicted octanol–water partition coefficient (Wildman–Crippen LogP) is 1.58. The molecule has 0 amide bonds. The molecule has 1 aliphatic heterocycles. The van der Waals surface area contributed by atoms with Crippen LogP contribution in [0.25, 0.3) is 0 Å². The van der Waals surface area contributed by atoms with Gasteiger partial charge in [0.05, 0.1) is 11.5 Å². The van der Waals surface area contributed by atoms with Gasteiger partial charge in [0.2, 0.25) is 0 Å². The third-order valence-corrected chi connectivity index (χ3v) is 4.88. The van der Waals surface area contributed by atoms with Crippen LogP contribution in [0.4, 0.5) is 0 Å². The van der Waals surface area contributed by atoms with Crippen molar-refractivity contribution in [2.45, 2.75) is 5.75 Å². The van der Waals surface area contributed by atoms with E-state index in [-0.39, 0.29) is 5.75 Å². The van der Waals surface area contributed by atoms with Crippen LogP contribution in [-0.2, 0) is 15.6 Å². The van der Waals surface area contributed by atoms with E-state index in [4.69, 9.17) is 0 Å².